The number of nitrogens with one attached hydrogen (secondary N) is 1. The largest absolute Gasteiger partial charge is 0.483 e. The van der Waals surface area contributed by atoms with Crippen LogP contribution in [0.15, 0.2) is 53.7 Å². The van der Waals surface area contributed by atoms with E-state index in [1.165, 1.54) is 11.8 Å². The minimum absolute atomic E-state index is 0.0758. The first-order valence-electron chi connectivity index (χ1n) is 9.04. The van der Waals surface area contributed by atoms with Crippen LogP contribution in [0.2, 0.25) is 0 Å². The summed E-state index contributed by atoms with van der Waals surface area (Å²) in [5, 5.41) is 12.0. The second-order valence-corrected chi connectivity index (χ2v) is 7.63. The molecule has 0 radical (unpaired) electrons. The third-order valence-electron chi connectivity index (χ3n) is 4.13. The summed E-state index contributed by atoms with van der Waals surface area (Å²) in [6.45, 7) is 5.95. The third-order valence-corrected chi connectivity index (χ3v) is 5.15. The Balaban J connectivity index is 1.58. The number of ether oxygens (including phenoxy) is 1. The SMILES string of the molecule is Cc1cc(C)cc(NC(=O)CSc2nnc(C(C)Oc3ccccc3)n2C)c1. The van der Waals surface area contributed by atoms with Crippen molar-refractivity contribution >= 4 is 23.4 Å². The molecule has 0 fully saturated rings. The smallest absolute Gasteiger partial charge is 0.234 e. The number of benzene rings is 2. The summed E-state index contributed by atoms with van der Waals surface area (Å²) in [5.41, 5.74) is 3.05. The number of para-hydroxylation sites is 1. The second-order valence-electron chi connectivity index (χ2n) is 6.69. The number of nitrogens with zero attached hydrogens (tertiary/aromatic N) is 3. The van der Waals surface area contributed by atoms with Crippen molar-refractivity contribution in [3.8, 4) is 5.75 Å². The van der Waals surface area contributed by atoms with Gasteiger partial charge >= 0.3 is 0 Å². The quantitative estimate of drug-likeness (QED) is 0.603. The van der Waals surface area contributed by atoms with Gasteiger partial charge in [0.25, 0.3) is 0 Å². The van der Waals surface area contributed by atoms with Crippen LogP contribution in [0.5, 0.6) is 5.75 Å². The lowest BCUT2D eigenvalue weighted by atomic mass is 10.1. The number of rotatable bonds is 7. The third kappa shape index (κ3) is 5.13. The van der Waals surface area contributed by atoms with Crippen molar-refractivity contribution < 1.29 is 9.53 Å². The zero-order valence-electron chi connectivity index (χ0n) is 16.5. The molecule has 0 aliphatic rings. The van der Waals surface area contributed by atoms with Gasteiger partial charge in [-0.15, -0.1) is 10.2 Å². The van der Waals surface area contributed by atoms with Gasteiger partial charge in [0.2, 0.25) is 5.91 Å². The molecular formula is C21H24N4O2S. The van der Waals surface area contributed by atoms with Crippen molar-refractivity contribution in [3.63, 3.8) is 0 Å². The summed E-state index contributed by atoms with van der Waals surface area (Å²) in [6.07, 6.45) is -0.252. The summed E-state index contributed by atoms with van der Waals surface area (Å²) < 4.78 is 7.77. The van der Waals surface area contributed by atoms with Gasteiger partial charge in [-0.05, 0) is 56.2 Å². The summed E-state index contributed by atoms with van der Waals surface area (Å²) >= 11 is 1.35. The first kappa shape index (κ1) is 19.9. The van der Waals surface area contributed by atoms with E-state index in [0.717, 1.165) is 22.6 Å². The van der Waals surface area contributed by atoms with Crippen molar-refractivity contribution in [2.24, 2.45) is 7.05 Å². The van der Waals surface area contributed by atoms with E-state index in [1.807, 2.05) is 74.9 Å². The van der Waals surface area contributed by atoms with Crippen molar-refractivity contribution in [1.29, 1.82) is 0 Å². The molecule has 0 saturated carbocycles. The Morgan fingerprint density at radius 3 is 2.50 bits per heavy atom. The number of amides is 1. The van der Waals surface area contributed by atoms with Crippen molar-refractivity contribution in [3.05, 3.63) is 65.5 Å². The first-order valence-corrected chi connectivity index (χ1v) is 10.0. The molecule has 1 amide bonds. The molecule has 0 saturated heterocycles. The van der Waals surface area contributed by atoms with Gasteiger partial charge < -0.3 is 14.6 Å². The van der Waals surface area contributed by atoms with Gasteiger partial charge in [0.15, 0.2) is 17.1 Å². The van der Waals surface area contributed by atoms with Gasteiger partial charge in [-0.25, -0.2) is 0 Å². The summed E-state index contributed by atoms with van der Waals surface area (Å²) in [6, 6.07) is 15.6. The normalized spacial score (nSPS) is 11.9. The number of hydrogen-bond acceptors (Lipinski definition) is 5. The van der Waals surface area contributed by atoms with Crippen LogP contribution in [-0.4, -0.2) is 26.4 Å². The van der Waals surface area contributed by atoms with E-state index in [2.05, 4.69) is 21.6 Å². The highest BCUT2D eigenvalue weighted by atomic mass is 32.2. The Morgan fingerprint density at radius 2 is 1.82 bits per heavy atom. The highest BCUT2D eigenvalue weighted by Crippen LogP contribution is 2.23. The van der Waals surface area contributed by atoms with Crippen molar-refractivity contribution in [2.75, 3.05) is 11.1 Å². The lowest BCUT2D eigenvalue weighted by Crippen LogP contribution is -2.15. The molecule has 146 valence electrons. The van der Waals surface area contributed by atoms with Crippen LogP contribution >= 0.6 is 11.8 Å². The van der Waals surface area contributed by atoms with E-state index < -0.39 is 0 Å². The maximum Gasteiger partial charge on any atom is 0.234 e. The molecule has 1 N–H and O–H groups in total. The van der Waals surface area contributed by atoms with Crippen LogP contribution in [0.4, 0.5) is 5.69 Å². The van der Waals surface area contributed by atoms with Gasteiger partial charge in [-0.3, -0.25) is 4.79 Å². The molecule has 6 nitrogen and oxygen atoms in total. The number of aromatic nitrogens is 3. The molecule has 0 aliphatic carbocycles. The van der Waals surface area contributed by atoms with Crippen LogP contribution in [0.1, 0.15) is 30.0 Å². The molecule has 0 spiro atoms. The Labute approximate surface area is 169 Å². The van der Waals surface area contributed by atoms with Crippen LogP contribution in [-0.2, 0) is 11.8 Å². The molecule has 1 aromatic heterocycles. The number of carbonyl (C=O) groups excluding carboxylic acids is 1. The fourth-order valence-corrected chi connectivity index (χ4v) is 3.65. The van der Waals surface area contributed by atoms with Crippen molar-refractivity contribution in [1.82, 2.24) is 14.8 Å². The van der Waals surface area contributed by atoms with Crippen LogP contribution in [0.25, 0.3) is 0 Å². The Morgan fingerprint density at radius 1 is 1.14 bits per heavy atom. The fourth-order valence-electron chi connectivity index (χ4n) is 2.94. The molecule has 2 aromatic carbocycles. The molecule has 1 heterocycles. The highest BCUT2D eigenvalue weighted by molar-refractivity contribution is 7.99. The molecular weight excluding hydrogens is 372 g/mol. The van der Waals surface area contributed by atoms with Crippen LogP contribution in [0, 0.1) is 13.8 Å². The molecule has 7 heteroatoms. The molecule has 1 atom stereocenters. The number of carbonyl (C=O) groups is 1. The highest BCUT2D eigenvalue weighted by Gasteiger charge is 2.18. The molecule has 3 rings (SSSR count). The first-order chi connectivity index (χ1) is 13.4. The Kier molecular flexibility index (Phi) is 6.36. The molecule has 0 aliphatic heterocycles. The van der Waals surface area contributed by atoms with Crippen LogP contribution in [0.3, 0.4) is 0 Å². The topological polar surface area (TPSA) is 69.0 Å². The predicted octanol–water partition coefficient (Wildman–Crippen LogP) is 4.30. The average molecular weight is 397 g/mol. The molecule has 1 unspecified atom stereocenters. The van der Waals surface area contributed by atoms with E-state index in [-0.39, 0.29) is 17.8 Å². The average Bonchev–Trinajstić information content (AvgIpc) is 3.00. The zero-order chi connectivity index (χ0) is 20.1. The second kappa shape index (κ2) is 8.93. The summed E-state index contributed by atoms with van der Waals surface area (Å²) in [5.74, 6) is 1.67. The van der Waals surface area contributed by atoms with E-state index in [0.29, 0.717) is 11.0 Å². The van der Waals surface area contributed by atoms with Gasteiger partial charge in [-0.2, -0.15) is 0 Å². The van der Waals surface area contributed by atoms with Crippen LogP contribution < -0.4 is 10.1 Å². The summed E-state index contributed by atoms with van der Waals surface area (Å²) in [4.78, 5) is 12.3. The fraction of sp³-hybridized carbons (Fsp3) is 0.286. The summed E-state index contributed by atoms with van der Waals surface area (Å²) in [7, 11) is 1.88. The zero-order valence-corrected chi connectivity index (χ0v) is 17.3. The number of hydrogen-bond donors (Lipinski definition) is 1. The van der Waals surface area contributed by atoms with Gasteiger partial charge in [0.05, 0.1) is 5.75 Å². The number of aryl methyl sites for hydroxylation is 2. The Bertz CT molecular complexity index is 936. The Hall–Kier alpha value is -2.80. The maximum atomic E-state index is 12.3. The van der Waals surface area contributed by atoms with E-state index in [4.69, 9.17) is 4.74 Å². The maximum absolute atomic E-state index is 12.3. The predicted molar refractivity (Wildman–Crippen MR) is 112 cm³/mol. The van der Waals surface area contributed by atoms with E-state index >= 15 is 0 Å². The van der Waals surface area contributed by atoms with Gasteiger partial charge in [0.1, 0.15) is 5.75 Å². The van der Waals surface area contributed by atoms with Gasteiger partial charge in [-0.1, -0.05) is 36.0 Å². The van der Waals surface area contributed by atoms with E-state index in [1.54, 1.807) is 0 Å². The minimum Gasteiger partial charge on any atom is -0.483 e. The monoisotopic (exact) mass is 396 g/mol. The number of thioether (sulfide) groups is 1. The number of anilines is 1. The molecule has 28 heavy (non-hydrogen) atoms. The lowest BCUT2D eigenvalue weighted by molar-refractivity contribution is -0.113. The molecule has 3 aromatic rings. The lowest BCUT2D eigenvalue weighted by Gasteiger charge is -2.14. The van der Waals surface area contributed by atoms with Gasteiger partial charge in [0, 0.05) is 12.7 Å². The standard InChI is InChI=1S/C21H24N4O2S/c1-14-10-15(2)12-17(11-14)22-19(26)13-28-21-24-23-20(25(21)4)16(3)27-18-8-6-5-7-9-18/h5-12,16H,13H2,1-4H3,(H,22,26). The molecule has 0 bridgehead atoms. The minimum atomic E-state index is -0.252. The van der Waals surface area contributed by atoms with E-state index in [9.17, 15) is 4.79 Å². The van der Waals surface area contributed by atoms with Crippen molar-refractivity contribution in [2.45, 2.75) is 32.0 Å².